The average molecular weight is 467 g/mol. The lowest BCUT2D eigenvalue weighted by atomic mass is 10.0. The van der Waals surface area contributed by atoms with Crippen molar-refractivity contribution in [3.8, 4) is 16.8 Å². The molecule has 8 heteroatoms. The molecule has 6 rings (SSSR count). The smallest absolute Gasteiger partial charge is 0.334 e. The number of fused-ring (bicyclic) bond motifs is 2. The number of pyridine rings is 1. The van der Waals surface area contributed by atoms with Crippen LogP contribution in [0.3, 0.4) is 0 Å². The number of carbonyl (C=O) groups is 1. The Kier molecular flexibility index (Phi) is 5.02. The maximum absolute atomic E-state index is 13.6. The van der Waals surface area contributed by atoms with Gasteiger partial charge in [-0.25, -0.2) is 4.79 Å². The summed E-state index contributed by atoms with van der Waals surface area (Å²) in [7, 11) is 1.90. The topological polar surface area (TPSA) is 78.0 Å². The summed E-state index contributed by atoms with van der Waals surface area (Å²) in [5, 5.41) is 5.38. The summed E-state index contributed by atoms with van der Waals surface area (Å²) in [6, 6.07) is 15.7. The van der Waals surface area contributed by atoms with Gasteiger partial charge in [0.25, 0.3) is 0 Å². The average Bonchev–Trinajstić information content (AvgIpc) is 3.55. The van der Waals surface area contributed by atoms with E-state index < -0.39 is 0 Å². The second kappa shape index (κ2) is 8.23. The van der Waals surface area contributed by atoms with E-state index >= 15 is 0 Å². The van der Waals surface area contributed by atoms with Crippen LogP contribution in [0.1, 0.15) is 19.8 Å². The summed E-state index contributed by atoms with van der Waals surface area (Å²) in [5.74, 6) is -0.00702. The molecule has 1 saturated heterocycles. The van der Waals surface area contributed by atoms with Gasteiger partial charge in [-0.1, -0.05) is 24.3 Å². The number of nitrogens with zero attached hydrogens (tertiary/aromatic N) is 6. The van der Waals surface area contributed by atoms with Crippen molar-refractivity contribution in [3.05, 3.63) is 77.6 Å². The minimum Gasteiger partial charge on any atom is -0.338 e. The lowest BCUT2D eigenvalue weighted by molar-refractivity contribution is -0.132. The normalized spacial score (nSPS) is 15.9. The molecule has 0 bridgehead atoms. The van der Waals surface area contributed by atoms with E-state index in [-0.39, 0.29) is 24.2 Å². The zero-order valence-corrected chi connectivity index (χ0v) is 19.8. The monoisotopic (exact) mass is 466 g/mol. The van der Waals surface area contributed by atoms with Crippen molar-refractivity contribution < 1.29 is 4.79 Å². The number of likely N-dealkylation sites (tertiary alicyclic amines) is 1. The van der Waals surface area contributed by atoms with Crippen LogP contribution in [-0.2, 0) is 18.4 Å². The van der Waals surface area contributed by atoms with E-state index in [1.165, 1.54) is 0 Å². The Hall–Kier alpha value is -4.20. The molecule has 0 spiro atoms. The highest BCUT2D eigenvalue weighted by Gasteiger charge is 2.26. The fourth-order valence-electron chi connectivity index (χ4n) is 5.22. The summed E-state index contributed by atoms with van der Waals surface area (Å²) >= 11 is 0. The Labute approximate surface area is 202 Å². The Bertz CT molecular complexity index is 1630. The summed E-state index contributed by atoms with van der Waals surface area (Å²) < 4.78 is 5.08. The molecule has 35 heavy (non-hydrogen) atoms. The van der Waals surface area contributed by atoms with Crippen LogP contribution < -0.4 is 5.69 Å². The van der Waals surface area contributed by atoms with Gasteiger partial charge in [0.05, 0.1) is 34.6 Å². The Morgan fingerprint density at radius 1 is 1.00 bits per heavy atom. The molecular weight excluding hydrogens is 440 g/mol. The van der Waals surface area contributed by atoms with Crippen LogP contribution >= 0.6 is 0 Å². The molecule has 5 aromatic rings. The van der Waals surface area contributed by atoms with E-state index in [2.05, 4.69) is 17.0 Å². The fourth-order valence-corrected chi connectivity index (χ4v) is 5.22. The number of imidazole rings is 1. The van der Waals surface area contributed by atoms with Crippen LogP contribution in [0.15, 0.2) is 71.9 Å². The lowest BCUT2D eigenvalue weighted by Crippen LogP contribution is -2.38. The SMILES string of the molecule is CC1CCCN1C(=O)Cn1c(=O)n(-c2ccc(-c3cncc4c3cnn4C)cc2)c2ccccc21. The number of aryl methyl sites for hydroxylation is 1. The quantitative estimate of drug-likeness (QED) is 0.404. The molecule has 1 atom stereocenters. The van der Waals surface area contributed by atoms with Crippen molar-refractivity contribution in [3.63, 3.8) is 0 Å². The molecule has 1 fully saturated rings. The highest BCUT2D eigenvalue weighted by molar-refractivity contribution is 5.93. The first-order chi connectivity index (χ1) is 17.0. The van der Waals surface area contributed by atoms with Crippen LogP contribution in [0.5, 0.6) is 0 Å². The Morgan fingerprint density at radius 2 is 1.77 bits per heavy atom. The minimum absolute atomic E-state index is 0.00702. The van der Waals surface area contributed by atoms with Gasteiger partial charge < -0.3 is 4.90 Å². The molecule has 1 unspecified atom stereocenters. The molecule has 0 saturated carbocycles. The second-order valence-electron chi connectivity index (χ2n) is 9.21. The first kappa shape index (κ1) is 21.3. The Balaban J connectivity index is 1.40. The van der Waals surface area contributed by atoms with E-state index in [0.29, 0.717) is 0 Å². The van der Waals surface area contributed by atoms with Gasteiger partial charge >= 0.3 is 5.69 Å². The number of aromatic nitrogens is 5. The van der Waals surface area contributed by atoms with E-state index in [9.17, 15) is 9.59 Å². The molecule has 2 aromatic carbocycles. The second-order valence-corrected chi connectivity index (χ2v) is 9.21. The molecular formula is C27H26N6O2. The summed E-state index contributed by atoms with van der Waals surface area (Å²) in [5.41, 5.74) is 5.02. The van der Waals surface area contributed by atoms with Crippen molar-refractivity contribution >= 4 is 27.8 Å². The highest BCUT2D eigenvalue weighted by atomic mass is 16.2. The zero-order chi connectivity index (χ0) is 24.1. The summed E-state index contributed by atoms with van der Waals surface area (Å²) in [6.07, 6.45) is 7.51. The standard InChI is InChI=1S/C27H26N6O2/c1-18-6-5-13-31(18)26(34)17-32-23-7-3-4-8-24(23)33(27(32)35)20-11-9-19(10-12-20)21-14-28-16-25-22(21)15-29-30(25)2/h3-4,7-12,14-16,18H,5-6,13,17H2,1-2H3. The summed E-state index contributed by atoms with van der Waals surface area (Å²) in [6.45, 7) is 2.87. The molecule has 0 aliphatic carbocycles. The predicted octanol–water partition coefficient (Wildman–Crippen LogP) is 3.75. The van der Waals surface area contributed by atoms with Crippen LogP contribution in [0.25, 0.3) is 38.8 Å². The van der Waals surface area contributed by atoms with Gasteiger partial charge in [0.2, 0.25) is 5.91 Å². The molecule has 1 aliphatic heterocycles. The minimum atomic E-state index is -0.213. The third-order valence-corrected chi connectivity index (χ3v) is 7.11. The molecule has 0 radical (unpaired) electrons. The van der Waals surface area contributed by atoms with Gasteiger partial charge in [-0.15, -0.1) is 0 Å². The third kappa shape index (κ3) is 3.44. The Morgan fingerprint density at radius 3 is 2.51 bits per heavy atom. The van der Waals surface area contributed by atoms with E-state index in [4.69, 9.17) is 0 Å². The van der Waals surface area contributed by atoms with Crippen molar-refractivity contribution in [2.24, 2.45) is 7.05 Å². The van der Waals surface area contributed by atoms with Crippen molar-refractivity contribution in [2.45, 2.75) is 32.4 Å². The molecule has 3 aromatic heterocycles. The third-order valence-electron chi connectivity index (χ3n) is 7.11. The van der Waals surface area contributed by atoms with Gasteiger partial charge in [-0.05, 0) is 49.6 Å². The van der Waals surface area contributed by atoms with Gasteiger partial charge in [-0.3, -0.25) is 23.6 Å². The first-order valence-corrected chi connectivity index (χ1v) is 11.9. The van der Waals surface area contributed by atoms with E-state index in [1.807, 2.05) is 72.9 Å². The van der Waals surface area contributed by atoms with Crippen molar-refractivity contribution in [2.75, 3.05) is 6.54 Å². The molecule has 1 amide bonds. The van der Waals surface area contributed by atoms with Gasteiger partial charge in [0, 0.05) is 36.8 Å². The van der Waals surface area contributed by atoms with E-state index in [0.717, 1.165) is 58.1 Å². The maximum Gasteiger partial charge on any atom is 0.334 e. The lowest BCUT2D eigenvalue weighted by Gasteiger charge is -2.21. The summed E-state index contributed by atoms with van der Waals surface area (Å²) in [4.78, 5) is 32.9. The van der Waals surface area contributed by atoms with Crippen molar-refractivity contribution in [1.29, 1.82) is 0 Å². The molecule has 0 N–H and O–H groups in total. The fraction of sp³-hybridized carbons (Fsp3) is 0.259. The largest absolute Gasteiger partial charge is 0.338 e. The maximum atomic E-state index is 13.6. The molecule has 1 aliphatic rings. The number of hydrogen-bond acceptors (Lipinski definition) is 4. The number of para-hydroxylation sites is 2. The van der Waals surface area contributed by atoms with Crippen LogP contribution in [-0.4, -0.2) is 47.3 Å². The number of hydrogen-bond donors (Lipinski definition) is 0. The van der Waals surface area contributed by atoms with Gasteiger partial charge in [0.1, 0.15) is 6.54 Å². The zero-order valence-electron chi connectivity index (χ0n) is 19.8. The van der Waals surface area contributed by atoms with E-state index in [1.54, 1.807) is 20.0 Å². The van der Waals surface area contributed by atoms with Gasteiger partial charge in [-0.2, -0.15) is 5.10 Å². The van der Waals surface area contributed by atoms with Crippen LogP contribution in [0.4, 0.5) is 0 Å². The number of carbonyl (C=O) groups excluding carboxylic acids is 1. The number of rotatable bonds is 4. The predicted molar refractivity (Wildman–Crippen MR) is 135 cm³/mol. The molecule has 176 valence electrons. The first-order valence-electron chi connectivity index (χ1n) is 11.9. The van der Waals surface area contributed by atoms with Crippen LogP contribution in [0, 0.1) is 0 Å². The highest BCUT2D eigenvalue weighted by Crippen LogP contribution is 2.28. The van der Waals surface area contributed by atoms with Crippen molar-refractivity contribution in [1.82, 2.24) is 28.8 Å². The molecule has 4 heterocycles. The number of amides is 1. The molecule has 8 nitrogen and oxygen atoms in total. The van der Waals surface area contributed by atoms with Crippen LogP contribution in [0.2, 0.25) is 0 Å². The van der Waals surface area contributed by atoms with Gasteiger partial charge in [0.15, 0.2) is 0 Å². The number of benzene rings is 2.